The number of hydrogen-bond acceptors (Lipinski definition) is 1. The summed E-state index contributed by atoms with van der Waals surface area (Å²) >= 11 is 14.6. The van der Waals surface area contributed by atoms with Crippen LogP contribution in [0.2, 0.25) is 0 Å². The molecule has 0 spiro atoms. The highest BCUT2D eigenvalue weighted by molar-refractivity contribution is 9.10. The van der Waals surface area contributed by atoms with Crippen molar-refractivity contribution in [1.29, 1.82) is 0 Å². The molecular weight excluding hydrogens is 263 g/mol. The first-order valence-corrected chi connectivity index (χ1v) is 5.63. The largest absolute Gasteiger partial charge is 0.380 e. The molecule has 4 heteroatoms. The number of ether oxygens (including phenoxy) is 1. The molecule has 0 rings (SSSR count). The Labute approximate surface area is 92.9 Å². The van der Waals surface area contributed by atoms with Gasteiger partial charge in [-0.3, -0.25) is 0 Å². The predicted molar refractivity (Wildman–Crippen MR) is 58.6 cm³/mol. The van der Waals surface area contributed by atoms with E-state index in [0.717, 1.165) is 19.4 Å². The molecule has 0 aromatic carbocycles. The van der Waals surface area contributed by atoms with Crippen LogP contribution in [0.3, 0.4) is 0 Å². The van der Waals surface area contributed by atoms with Crippen molar-refractivity contribution in [3.63, 3.8) is 0 Å². The molecule has 0 bridgehead atoms. The van der Waals surface area contributed by atoms with Crippen LogP contribution in [0.25, 0.3) is 0 Å². The van der Waals surface area contributed by atoms with E-state index in [1.165, 1.54) is 0 Å². The number of hydrogen-bond donors (Lipinski definition) is 0. The summed E-state index contributed by atoms with van der Waals surface area (Å²) in [6.45, 7) is 5.57. The van der Waals surface area contributed by atoms with E-state index < -0.39 is 0 Å². The van der Waals surface area contributed by atoms with Gasteiger partial charge in [-0.25, -0.2) is 0 Å². The second-order valence-corrected chi connectivity index (χ2v) is 6.73. The van der Waals surface area contributed by atoms with Crippen molar-refractivity contribution in [2.45, 2.75) is 35.8 Å². The van der Waals surface area contributed by atoms with Crippen molar-refractivity contribution in [2.24, 2.45) is 0 Å². The number of rotatable bonds is 6. The minimum Gasteiger partial charge on any atom is -0.380 e. The zero-order chi connectivity index (χ0) is 9.61. The summed E-state index contributed by atoms with van der Waals surface area (Å²) in [4.78, 5) is -0.259. The van der Waals surface area contributed by atoms with Gasteiger partial charge in [0.25, 0.3) is 0 Å². The van der Waals surface area contributed by atoms with Gasteiger partial charge in [-0.15, -0.1) is 23.2 Å². The molecule has 0 heterocycles. The standard InChI is InChI=1S/C8H15BrCl2O/c1-8(2,9)6-12-5-3-4-7(10)11/h7H,3-6H2,1-2H3. The normalized spacial score (nSPS) is 12.5. The van der Waals surface area contributed by atoms with Gasteiger partial charge < -0.3 is 4.74 Å². The van der Waals surface area contributed by atoms with Crippen LogP contribution in [0.5, 0.6) is 0 Å². The van der Waals surface area contributed by atoms with Crippen LogP contribution in [0.4, 0.5) is 0 Å². The Bertz CT molecular complexity index is 112. The van der Waals surface area contributed by atoms with E-state index in [1.807, 2.05) is 0 Å². The summed E-state index contributed by atoms with van der Waals surface area (Å²) in [5, 5.41) is 0. The molecule has 12 heavy (non-hydrogen) atoms. The summed E-state index contributed by atoms with van der Waals surface area (Å²) in [6.07, 6.45) is 1.71. The van der Waals surface area contributed by atoms with Crippen LogP contribution in [-0.4, -0.2) is 22.4 Å². The van der Waals surface area contributed by atoms with Crippen molar-refractivity contribution < 1.29 is 4.74 Å². The number of halogens is 3. The molecule has 0 aromatic rings. The zero-order valence-electron chi connectivity index (χ0n) is 7.45. The van der Waals surface area contributed by atoms with Gasteiger partial charge in [0.05, 0.1) is 6.61 Å². The maximum Gasteiger partial charge on any atom is 0.107 e. The quantitative estimate of drug-likeness (QED) is 0.531. The molecular formula is C8H15BrCl2O. The molecule has 0 aromatic heterocycles. The van der Waals surface area contributed by atoms with Gasteiger partial charge in [-0.2, -0.15) is 0 Å². The maximum atomic E-state index is 5.55. The third-order valence-electron chi connectivity index (χ3n) is 1.16. The molecule has 0 aliphatic carbocycles. The molecule has 0 N–H and O–H groups in total. The van der Waals surface area contributed by atoms with Crippen molar-refractivity contribution in [3.8, 4) is 0 Å². The van der Waals surface area contributed by atoms with Gasteiger partial charge >= 0.3 is 0 Å². The van der Waals surface area contributed by atoms with Crippen LogP contribution in [0, 0.1) is 0 Å². The topological polar surface area (TPSA) is 9.23 Å². The van der Waals surface area contributed by atoms with Crippen molar-refractivity contribution in [2.75, 3.05) is 13.2 Å². The molecule has 1 nitrogen and oxygen atoms in total. The van der Waals surface area contributed by atoms with E-state index in [-0.39, 0.29) is 9.16 Å². The first-order valence-electron chi connectivity index (χ1n) is 3.96. The lowest BCUT2D eigenvalue weighted by molar-refractivity contribution is 0.118. The Morgan fingerprint density at radius 3 is 2.42 bits per heavy atom. The molecule has 0 saturated heterocycles. The minimum atomic E-state index is -0.259. The first-order chi connectivity index (χ1) is 5.42. The Balaban J connectivity index is 3.12. The van der Waals surface area contributed by atoms with Gasteiger partial charge in [-0.05, 0) is 26.7 Å². The summed E-state index contributed by atoms with van der Waals surface area (Å²) < 4.78 is 5.45. The van der Waals surface area contributed by atoms with E-state index in [0.29, 0.717) is 6.61 Å². The second-order valence-electron chi connectivity index (χ2n) is 3.30. The van der Waals surface area contributed by atoms with Gasteiger partial charge in [0, 0.05) is 10.9 Å². The maximum absolute atomic E-state index is 5.55. The molecule has 0 aliphatic heterocycles. The van der Waals surface area contributed by atoms with Crippen LogP contribution < -0.4 is 0 Å². The fourth-order valence-corrected chi connectivity index (χ4v) is 1.13. The summed E-state index contributed by atoms with van der Waals surface area (Å²) in [5.74, 6) is 0. The van der Waals surface area contributed by atoms with E-state index in [9.17, 15) is 0 Å². The fourth-order valence-electron chi connectivity index (χ4n) is 0.655. The lowest BCUT2D eigenvalue weighted by Gasteiger charge is -2.15. The fraction of sp³-hybridized carbons (Fsp3) is 1.00. The highest BCUT2D eigenvalue weighted by Crippen LogP contribution is 2.16. The van der Waals surface area contributed by atoms with Gasteiger partial charge in [0.15, 0.2) is 0 Å². The summed E-state index contributed by atoms with van der Waals surface area (Å²) in [7, 11) is 0. The minimum absolute atomic E-state index is 0.0638. The average molecular weight is 278 g/mol. The third-order valence-corrected chi connectivity index (χ3v) is 1.82. The van der Waals surface area contributed by atoms with Crippen molar-refractivity contribution >= 4 is 39.1 Å². The van der Waals surface area contributed by atoms with Gasteiger partial charge in [0.2, 0.25) is 0 Å². The lowest BCUT2D eigenvalue weighted by Crippen LogP contribution is -2.18. The third kappa shape index (κ3) is 11.0. The molecule has 0 atom stereocenters. The molecule has 0 radical (unpaired) electrons. The first kappa shape index (κ1) is 13.0. The van der Waals surface area contributed by atoms with E-state index >= 15 is 0 Å². The molecule has 0 saturated carbocycles. The van der Waals surface area contributed by atoms with E-state index in [1.54, 1.807) is 0 Å². The summed E-state index contributed by atoms with van der Waals surface area (Å²) in [6, 6.07) is 0. The predicted octanol–water partition coefficient (Wildman–Crippen LogP) is 3.76. The van der Waals surface area contributed by atoms with Crippen LogP contribution in [0.15, 0.2) is 0 Å². The lowest BCUT2D eigenvalue weighted by atomic mass is 10.2. The SMILES string of the molecule is CC(C)(Br)COCCCC(Cl)Cl. The Morgan fingerprint density at radius 2 is 2.00 bits per heavy atom. The van der Waals surface area contributed by atoms with E-state index in [2.05, 4.69) is 29.8 Å². The Kier molecular flexibility index (Phi) is 7.02. The van der Waals surface area contributed by atoms with Crippen LogP contribution >= 0.6 is 39.1 Å². The Hall–Kier alpha value is 1.02. The second kappa shape index (κ2) is 6.47. The molecule has 0 aliphatic rings. The number of alkyl halides is 3. The summed E-state index contributed by atoms with van der Waals surface area (Å²) in [5.41, 5.74) is 0. The molecule has 74 valence electrons. The Morgan fingerprint density at radius 1 is 1.42 bits per heavy atom. The van der Waals surface area contributed by atoms with Gasteiger partial charge in [-0.1, -0.05) is 15.9 Å². The smallest absolute Gasteiger partial charge is 0.107 e. The average Bonchev–Trinajstić information content (AvgIpc) is 1.83. The van der Waals surface area contributed by atoms with E-state index in [4.69, 9.17) is 27.9 Å². The highest BCUT2D eigenvalue weighted by atomic mass is 79.9. The van der Waals surface area contributed by atoms with Crippen LogP contribution in [-0.2, 0) is 4.74 Å². The zero-order valence-corrected chi connectivity index (χ0v) is 10.5. The monoisotopic (exact) mass is 276 g/mol. The molecule has 0 amide bonds. The highest BCUT2D eigenvalue weighted by Gasteiger charge is 2.11. The van der Waals surface area contributed by atoms with Crippen molar-refractivity contribution in [1.82, 2.24) is 0 Å². The van der Waals surface area contributed by atoms with Crippen molar-refractivity contribution in [3.05, 3.63) is 0 Å². The van der Waals surface area contributed by atoms with Gasteiger partial charge in [0.1, 0.15) is 4.84 Å². The molecule has 0 unspecified atom stereocenters. The molecule has 0 fully saturated rings. The van der Waals surface area contributed by atoms with Crippen LogP contribution in [0.1, 0.15) is 26.7 Å².